The molecule has 1 aliphatic rings. The zero-order valence-corrected chi connectivity index (χ0v) is 20.9. The number of carbonyl (C=O) groups is 1. The van der Waals surface area contributed by atoms with Crippen molar-refractivity contribution in [1.82, 2.24) is 24.6 Å². The van der Waals surface area contributed by atoms with Crippen LogP contribution in [0.1, 0.15) is 46.1 Å². The molecular formula is C27H26ClN7O. The van der Waals surface area contributed by atoms with Crippen molar-refractivity contribution >= 4 is 40.0 Å². The van der Waals surface area contributed by atoms with E-state index in [9.17, 15) is 4.79 Å². The van der Waals surface area contributed by atoms with E-state index < -0.39 is 0 Å². The van der Waals surface area contributed by atoms with Gasteiger partial charge >= 0.3 is 0 Å². The van der Waals surface area contributed by atoms with Crippen LogP contribution in [0.4, 0.5) is 11.5 Å². The topological polar surface area (TPSA) is 102 Å². The van der Waals surface area contributed by atoms with E-state index in [1.807, 2.05) is 35.9 Å². The molecule has 8 nitrogen and oxygen atoms in total. The number of likely N-dealkylation sites (tertiary alicyclic amines) is 1. The number of rotatable bonds is 3. The fourth-order valence-electron chi connectivity index (χ4n) is 4.39. The summed E-state index contributed by atoms with van der Waals surface area (Å²) in [6.07, 6.45) is 3.39. The molecule has 3 heterocycles. The first-order chi connectivity index (χ1) is 17.4. The van der Waals surface area contributed by atoms with Crippen LogP contribution >= 0.6 is 11.6 Å². The van der Waals surface area contributed by atoms with Gasteiger partial charge < -0.3 is 16.0 Å². The second-order valence-electron chi connectivity index (χ2n) is 9.05. The number of nitrogens with two attached hydrogens (primary N) is 1. The summed E-state index contributed by atoms with van der Waals surface area (Å²) in [6, 6.07) is 12.9. The van der Waals surface area contributed by atoms with E-state index in [2.05, 4.69) is 39.1 Å². The van der Waals surface area contributed by atoms with Gasteiger partial charge in [0.1, 0.15) is 17.8 Å². The molecule has 5 rings (SSSR count). The molecule has 0 saturated carbocycles. The molecule has 182 valence electrons. The molecule has 0 unspecified atom stereocenters. The van der Waals surface area contributed by atoms with Crippen molar-refractivity contribution in [2.75, 3.05) is 31.2 Å². The second kappa shape index (κ2) is 9.97. The van der Waals surface area contributed by atoms with Crippen LogP contribution < -0.4 is 11.1 Å². The summed E-state index contributed by atoms with van der Waals surface area (Å²) in [7, 11) is 2.12. The van der Waals surface area contributed by atoms with Crippen LogP contribution in [0.5, 0.6) is 0 Å². The summed E-state index contributed by atoms with van der Waals surface area (Å²) in [4.78, 5) is 23.7. The maximum absolute atomic E-state index is 12.8. The maximum atomic E-state index is 12.8. The Morgan fingerprint density at radius 1 is 1.14 bits per heavy atom. The van der Waals surface area contributed by atoms with Gasteiger partial charge in [-0.3, -0.25) is 4.79 Å². The van der Waals surface area contributed by atoms with Crippen LogP contribution in [-0.4, -0.2) is 50.7 Å². The Labute approximate surface area is 214 Å². The highest BCUT2D eigenvalue weighted by Gasteiger charge is 2.24. The summed E-state index contributed by atoms with van der Waals surface area (Å²) in [5.74, 6) is 6.29. The lowest BCUT2D eigenvalue weighted by Crippen LogP contribution is -2.32. The van der Waals surface area contributed by atoms with E-state index in [0.29, 0.717) is 38.7 Å². The molecule has 1 amide bonds. The number of nitrogens with one attached hydrogen (secondary N) is 1. The molecule has 1 aliphatic heterocycles. The second-order valence-corrected chi connectivity index (χ2v) is 9.46. The zero-order valence-electron chi connectivity index (χ0n) is 20.1. The van der Waals surface area contributed by atoms with Crippen LogP contribution in [0.15, 0.2) is 48.8 Å². The highest BCUT2D eigenvalue weighted by Crippen LogP contribution is 2.28. The van der Waals surface area contributed by atoms with Gasteiger partial charge in [-0.15, -0.1) is 0 Å². The van der Waals surface area contributed by atoms with Crippen molar-refractivity contribution in [2.45, 2.75) is 25.8 Å². The molecule has 3 N–H and O–H groups in total. The molecule has 1 saturated heterocycles. The third kappa shape index (κ3) is 4.89. The van der Waals surface area contributed by atoms with Crippen molar-refractivity contribution in [3.63, 3.8) is 0 Å². The molecule has 9 heteroatoms. The zero-order chi connectivity index (χ0) is 25.2. The van der Waals surface area contributed by atoms with E-state index in [-0.39, 0.29) is 11.9 Å². The van der Waals surface area contributed by atoms with Crippen molar-refractivity contribution < 1.29 is 4.79 Å². The smallest absolute Gasteiger partial charge is 0.255 e. The van der Waals surface area contributed by atoms with Gasteiger partial charge in [0.2, 0.25) is 0 Å². The van der Waals surface area contributed by atoms with E-state index in [0.717, 1.165) is 37.2 Å². The molecule has 2 aromatic carbocycles. The highest BCUT2D eigenvalue weighted by molar-refractivity contribution is 6.32. The van der Waals surface area contributed by atoms with Gasteiger partial charge in [0.25, 0.3) is 5.91 Å². The number of anilines is 2. The number of aromatic nitrogens is 4. The van der Waals surface area contributed by atoms with Crippen LogP contribution in [0.2, 0.25) is 5.02 Å². The number of carbonyl (C=O) groups excluding carboxylic acids is 1. The Balaban J connectivity index is 1.47. The minimum atomic E-state index is -0.241. The summed E-state index contributed by atoms with van der Waals surface area (Å²) >= 11 is 6.42. The summed E-state index contributed by atoms with van der Waals surface area (Å²) < 4.78 is 1.93. The van der Waals surface area contributed by atoms with Gasteiger partial charge in [-0.05, 0) is 81.7 Å². The molecule has 36 heavy (non-hydrogen) atoms. The predicted octanol–water partition coefficient (Wildman–Crippen LogP) is 4.29. The van der Waals surface area contributed by atoms with Gasteiger partial charge in [-0.2, -0.15) is 5.10 Å². The highest BCUT2D eigenvalue weighted by atomic mass is 35.5. The maximum Gasteiger partial charge on any atom is 0.255 e. The summed E-state index contributed by atoms with van der Waals surface area (Å²) in [5, 5.41) is 8.77. The lowest BCUT2D eigenvalue weighted by Gasteiger charge is -2.29. The first kappa shape index (κ1) is 23.8. The first-order valence-electron chi connectivity index (χ1n) is 11.8. The van der Waals surface area contributed by atoms with Crippen LogP contribution in [0.25, 0.3) is 11.0 Å². The quantitative estimate of drug-likeness (QED) is 0.408. The lowest BCUT2D eigenvalue weighted by molar-refractivity contribution is 0.102. The Morgan fingerprint density at radius 2 is 1.94 bits per heavy atom. The Kier molecular flexibility index (Phi) is 6.59. The normalized spacial score (nSPS) is 14.4. The Morgan fingerprint density at radius 3 is 2.72 bits per heavy atom. The van der Waals surface area contributed by atoms with Gasteiger partial charge in [0, 0.05) is 16.8 Å². The number of fused-ring (bicyclic) bond motifs is 1. The molecule has 2 aromatic heterocycles. The number of amides is 1. The van der Waals surface area contributed by atoms with Crippen LogP contribution in [-0.2, 0) is 0 Å². The largest absolute Gasteiger partial charge is 0.383 e. The molecule has 0 spiro atoms. The molecule has 0 radical (unpaired) electrons. The molecule has 4 aromatic rings. The van der Waals surface area contributed by atoms with Crippen molar-refractivity contribution in [3.05, 3.63) is 76.2 Å². The number of benzene rings is 2. The average Bonchev–Trinajstić information content (AvgIpc) is 3.24. The number of halogens is 1. The van der Waals surface area contributed by atoms with Gasteiger partial charge in [0.15, 0.2) is 5.65 Å². The number of nitrogen functional groups attached to an aromatic ring is 1. The van der Waals surface area contributed by atoms with Crippen LogP contribution in [0, 0.1) is 18.8 Å². The van der Waals surface area contributed by atoms with Crippen molar-refractivity contribution in [1.29, 1.82) is 0 Å². The molecule has 0 atom stereocenters. The molecule has 0 aliphatic carbocycles. The van der Waals surface area contributed by atoms with Crippen molar-refractivity contribution in [3.8, 4) is 11.8 Å². The fraction of sp³-hybridized carbons (Fsp3) is 0.259. The number of aryl methyl sites for hydroxylation is 1. The number of piperidine rings is 1. The predicted molar refractivity (Wildman–Crippen MR) is 142 cm³/mol. The number of hydrogen-bond acceptors (Lipinski definition) is 6. The Bertz CT molecular complexity index is 1510. The third-order valence-corrected chi connectivity index (χ3v) is 6.70. The SMILES string of the molecule is Cc1cccc(NC(=O)c2ccc(Cl)c(C#Cc3nn(C4CCN(C)CC4)c4ncnc(N)c34)c2)c1. The molecule has 1 fully saturated rings. The molecule has 0 bridgehead atoms. The van der Waals surface area contributed by atoms with Crippen molar-refractivity contribution in [2.24, 2.45) is 0 Å². The van der Waals surface area contributed by atoms with Gasteiger partial charge in [-0.25, -0.2) is 14.6 Å². The third-order valence-electron chi connectivity index (χ3n) is 6.37. The first-order valence-corrected chi connectivity index (χ1v) is 12.1. The van der Waals surface area contributed by atoms with Gasteiger partial charge in [-0.1, -0.05) is 29.7 Å². The fourth-order valence-corrected chi connectivity index (χ4v) is 4.56. The van der Waals surface area contributed by atoms with Gasteiger partial charge in [0.05, 0.1) is 16.5 Å². The Hall–Kier alpha value is -3.93. The number of hydrogen-bond donors (Lipinski definition) is 2. The summed E-state index contributed by atoms with van der Waals surface area (Å²) in [5.41, 5.74) is 10.1. The summed E-state index contributed by atoms with van der Waals surface area (Å²) in [6.45, 7) is 3.95. The van der Waals surface area contributed by atoms with Crippen LogP contribution in [0.3, 0.4) is 0 Å². The number of nitrogens with zero attached hydrogens (tertiary/aromatic N) is 5. The van der Waals surface area contributed by atoms with E-state index in [1.54, 1.807) is 18.2 Å². The monoisotopic (exact) mass is 499 g/mol. The standard InChI is InChI=1S/C27H26ClN7O/c1-17-4-3-5-20(14-17)32-27(36)19-6-8-22(28)18(15-19)7-9-23-24-25(29)30-16-31-26(24)35(33-23)21-10-12-34(2)13-11-21/h3-6,8,14-16,21H,10-13H2,1-2H3,(H,32,36)(H2,29,30,31). The van der Waals surface area contributed by atoms with E-state index >= 15 is 0 Å². The van der Waals surface area contributed by atoms with E-state index in [4.69, 9.17) is 22.4 Å². The molecular weight excluding hydrogens is 474 g/mol. The minimum absolute atomic E-state index is 0.214. The minimum Gasteiger partial charge on any atom is -0.383 e. The lowest BCUT2D eigenvalue weighted by atomic mass is 10.1. The van der Waals surface area contributed by atoms with E-state index in [1.165, 1.54) is 6.33 Å². The average molecular weight is 500 g/mol.